The predicted molar refractivity (Wildman–Crippen MR) is 81.2 cm³/mol. The lowest BCUT2D eigenvalue weighted by Crippen LogP contribution is -2.33. The number of hydrogen-bond acceptors (Lipinski definition) is 3. The first-order valence-corrected chi connectivity index (χ1v) is 8.01. The molecule has 1 aliphatic heterocycles. The Balaban J connectivity index is 1.69. The van der Waals surface area contributed by atoms with Crippen LogP contribution in [0, 0.1) is 11.7 Å². The van der Waals surface area contributed by atoms with Crippen LogP contribution in [0.5, 0.6) is 0 Å². The molecule has 1 fully saturated rings. The lowest BCUT2D eigenvalue weighted by Gasteiger charge is -2.30. The van der Waals surface area contributed by atoms with Crippen LogP contribution in [0.25, 0.3) is 10.6 Å². The minimum Gasteiger partial charge on any atom is -0.297 e. The molecule has 2 aromatic rings. The maximum absolute atomic E-state index is 12.9. The van der Waals surface area contributed by atoms with E-state index in [0.717, 1.165) is 28.7 Å². The van der Waals surface area contributed by atoms with Gasteiger partial charge in [-0.15, -0.1) is 11.3 Å². The molecule has 2 nitrogen and oxygen atoms in total. The molecular formula is C16H19FN2S. The van der Waals surface area contributed by atoms with Crippen molar-refractivity contribution in [2.75, 3.05) is 13.1 Å². The molecule has 1 unspecified atom stereocenters. The average Bonchev–Trinajstić information content (AvgIpc) is 2.88. The van der Waals surface area contributed by atoms with Gasteiger partial charge in [0, 0.05) is 24.0 Å². The molecule has 4 heteroatoms. The summed E-state index contributed by atoms with van der Waals surface area (Å²) in [5, 5.41) is 3.10. The van der Waals surface area contributed by atoms with Gasteiger partial charge >= 0.3 is 0 Å². The third kappa shape index (κ3) is 3.25. The molecule has 0 saturated carbocycles. The largest absolute Gasteiger partial charge is 0.297 e. The van der Waals surface area contributed by atoms with Crippen molar-refractivity contribution in [2.45, 2.75) is 26.3 Å². The van der Waals surface area contributed by atoms with E-state index in [4.69, 9.17) is 0 Å². The van der Waals surface area contributed by atoms with E-state index in [1.54, 1.807) is 23.5 Å². The molecule has 0 N–H and O–H groups in total. The average molecular weight is 290 g/mol. The summed E-state index contributed by atoms with van der Waals surface area (Å²) in [7, 11) is 0. The van der Waals surface area contributed by atoms with Crippen molar-refractivity contribution in [1.29, 1.82) is 0 Å². The molecule has 2 heterocycles. The number of rotatable bonds is 3. The Morgan fingerprint density at radius 1 is 1.35 bits per heavy atom. The number of thiazole rings is 1. The monoisotopic (exact) mass is 290 g/mol. The highest BCUT2D eigenvalue weighted by Gasteiger charge is 2.17. The second-order valence-corrected chi connectivity index (χ2v) is 6.49. The van der Waals surface area contributed by atoms with Gasteiger partial charge in [0.1, 0.15) is 10.8 Å². The number of likely N-dealkylation sites (tertiary alicyclic amines) is 1. The Kier molecular flexibility index (Phi) is 4.13. The standard InChI is InChI=1S/C16H19FN2S/c1-12-3-2-8-19(9-12)10-15-11-20-16(18-15)13-4-6-14(17)7-5-13/h4-7,11-12H,2-3,8-10H2,1H3. The second kappa shape index (κ2) is 6.02. The summed E-state index contributed by atoms with van der Waals surface area (Å²) >= 11 is 1.64. The zero-order chi connectivity index (χ0) is 13.9. The summed E-state index contributed by atoms with van der Waals surface area (Å²) in [5.41, 5.74) is 2.12. The van der Waals surface area contributed by atoms with Crippen molar-refractivity contribution in [3.8, 4) is 10.6 Å². The van der Waals surface area contributed by atoms with E-state index in [-0.39, 0.29) is 5.82 Å². The number of aromatic nitrogens is 1. The van der Waals surface area contributed by atoms with Crippen LogP contribution in [0.4, 0.5) is 4.39 Å². The molecule has 1 saturated heterocycles. The van der Waals surface area contributed by atoms with E-state index in [9.17, 15) is 4.39 Å². The highest BCUT2D eigenvalue weighted by Crippen LogP contribution is 2.25. The maximum atomic E-state index is 12.9. The van der Waals surface area contributed by atoms with Gasteiger partial charge in [-0.25, -0.2) is 9.37 Å². The molecule has 0 aliphatic carbocycles. The number of halogens is 1. The SMILES string of the molecule is CC1CCCN(Cc2csc(-c3ccc(F)cc3)n2)C1. The molecule has 106 valence electrons. The van der Waals surface area contributed by atoms with Crippen LogP contribution in [0.1, 0.15) is 25.5 Å². The van der Waals surface area contributed by atoms with Gasteiger partial charge in [0.2, 0.25) is 0 Å². The summed E-state index contributed by atoms with van der Waals surface area (Å²) in [6.45, 7) is 5.59. The van der Waals surface area contributed by atoms with Crippen molar-refractivity contribution in [1.82, 2.24) is 9.88 Å². The molecule has 1 aromatic carbocycles. The van der Waals surface area contributed by atoms with Crippen LogP contribution in [-0.2, 0) is 6.54 Å². The third-order valence-corrected chi connectivity index (χ3v) is 4.71. The van der Waals surface area contributed by atoms with E-state index in [1.807, 2.05) is 0 Å². The Bertz CT molecular complexity index is 564. The smallest absolute Gasteiger partial charge is 0.123 e. The molecule has 0 spiro atoms. The minimum atomic E-state index is -0.201. The third-order valence-electron chi connectivity index (χ3n) is 3.77. The van der Waals surface area contributed by atoms with Crippen LogP contribution in [0.3, 0.4) is 0 Å². The van der Waals surface area contributed by atoms with E-state index in [0.29, 0.717) is 0 Å². The first-order valence-electron chi connectivity index (χ1n) is 7.13. The molecule has 0 amide bonds. The number of piperidine rings is 1. The number of nitrogens with zero attached hydrogens (tertiary/aromatic N) is 2. The molecule has 1 aliphatic rings. The molecule has 3 rings (SSSR count). The first kappa shape index (κ1) is 13.7. The maximum Gasteiger partial charge on any atom is 0.123 e. The fourth-order valence-electron chi connectivity index (χ4n) is 2.76. The highest BCUT2D eigenvalue weighted by atomic mass is 32.1. The van der Waals surface area contributed by atoms with Crippen molar-refractivity contribution in [3.63, 3.8) is 0 Å². The number of hydrogen-bond donors (Lipinski definition) is 0. The van der Waals surface area contributed by atoms with Crippen molar-refractivity contribution >= 4 is 11.3 Å². The lowest BCUT2D eigenvalue weighted by molar-refractivity contribution is 0.175. The van der Waals surface area contributed by atoms with Crippen molar-refractivity contribution < 1.29 is 4.39 Å². The van der Waals surface area contributed by atoms with Crippen LogP contribution >= 0.6 is 11.3 Å². The van der Waals surface area contributed by atoms with Crippen LogP contribution in [-0.4, -0.2) is 23.0 Å². The van der Waals surface area contributed by atoms with Gasteiger partial charge < -0.3 is 0 Å². The molecule has 0 radical (unpaired) electrons. The molecule has 1 aromatic heterocycles. The molecule has 20 heavy (non-hydrogen) atoms. The van der Waals surface area contributed by atoms with Crippen molar-refractivity contribution in [3.05, 3.63) is 41.2 Å². The zero-order valence-electron chi connectivity index (χ0n) is 11.7. The summed E-state index contributed by atoms with van der Waals surface area (Å²) in [4.78, 5) is 7.17. The van der Waals surface area contributed by atoms with Gasteiger partial charge in [0.05, 0.1) is 5.69 Å². The number of benzene rings is 1. The van der Waals surface area contributed by atoms with Gasteiger partial charge in [-0.3, -0.25) is 4.90 Å². The quantitative estimate of drug-likeness (QED) is 0.843. The van der Waals surface area contributed by atoms with E-state index in [1.165, 1.54) is 38.1 Å². The molecule has 1 atom stereocenters. The Morgan fingerprint density at radius 3 is 2.90 bits per heavy atom. The highest BCUT2D eigenvalue weighted by molar-refractivity contribution is 7.13. The second-order valence-electron chi connectivity index (χ2n) is 5.63. The Morgan fingerprint density at radius 2 is 2.15 bits per heavy atom. The van der Waals surface area contributed by atoms with E-state index in [2.05, 4.69) is 22.2 Å². The van der Waals surface area contributed by atoms with Crippen molar-refractivity contribution in [2.24, 2.45) is 5.92 Å². The normalized spacial score (nSPS) is 20.2. The Labute approximate surface area is 123 Å². The van der Waals surface area contributed by atoms with E-state index < -0.39 is 0 Å². The summed E-state index contributed by atoms with van der Waals surface area (Å²) in [6, 6.07) is 6.56. The lowest BCUT2D eigenvalue weighted by atomic mass is 10.0. The predicted octanol–water partition coefficient (Wildman–Crippen LogP) is 4.18. The van der Waals surface area contributed by atoms with Gasteiger partial charge in [-0.1, -0.05) is 6.92 Å². The molecular weight excluding hydrogens is 271 g/mol. The van der Waals surface area contributed by atoms with E-state index >= 15 is 0 Å². The summed E-state index contributed by atoms with van der Waals surface area (Å²) < 4.78 is 12.9. The summed E-state index contributed by atoms with van der Waals surface area (Å²) in [6.07, 6.45) is 2.63. The first-order chi connectivity index (χ1) is 9.70. The van der Waals surface area contributed by atoms with Gasteiger partial charge in [0.25, 0.3) is 0 Å². The topological polar surface area (TPSA) is 16.1 Å². The van der Waals surface area contributed by atoms with Crippen LogP contribution in [0.2, 0.25) is 0 Å². The fourth-order valence-corrected chi connectivity index (χ4v) is 3.58. The zero-order valence-corrected chi connectivity index (χ0v) is 12.5. The Hall–Kier alpha value is -1.26. The molecule has 0 bridgehead atoms. The van der Waals surface area contributed by atoms with Gasteiger partial charge in [0.15, 0.2) is 0 Å². The minimum absolute atomic E-state index is 0.201. The van der Waals surface area contributed by atoms with Crippen LogP contribution in [0.15, 0.2) is 29.6 Å². The van der Waals surface area contributed by atoms with Gasteiger partial charge in [-0.05, 0) is 49.6 Å². The van der Waals surface area contributed by atoms with Crippen LogP contribution < -0.4 is 0 Å². The fraction of sp³-hybridized carbons (Fsp3) is 0.438. The van der Waals surface area contributed by atoms with Gasteiger partial charge in [-0.2, -0.15) is 0 Å². The summed E-state index contributed by atoms with van der Waals surface area (Å²) in [5.74, 6) is 0.590.